The van der Waals surface area contributed by atoms with Gasteiger partial charge in [-0.15, -0.1) is 9.24 Å². The van der Waals surface area contributed by atoms with Crippen LogP contribution in [-0.2, 0) is 11.3 Å². The topological polar surface area (TPSA) is 48.1 Å². The molecule has 3 rings (SSSR count). The Kier molecular flexibility index (Phi) is 9.17. The molecule has 4 nitrogen and oxygen atoms in total. The molecule has 0 saturated carbocycles. The molecule has 7 heteroatoms. The van der Waals surface area contributed by atoms with E-state index in [1.54, 1.807) is 16.3 Å². The molecule has 0 amide bonds. The van der Waals surface area contributed by atoms with Crippen LogP contribution in [0.2, 0.25) is 19.6 Å². The Bertz CT molecular complexity index is 781. The second-order valence-electron chi connectivity index (χ2n) is 13.5. The molecular weight excluding hydrogens is 470 g/mol. The highest BCUT2D eigenvalue weighted by Gasteiger charge is 2.49. The first-order valence-electron chi connectivity index (χ1n) is 13.2. The molecule has 0 spiro atoms. The summed E-state index contributed by atoms with van der Waals surface area (Å²) in [4.78, 5) is 0. The molecule has 0 radical (unpaired) electrons. The number of benzene rings is 1. The average molecular weight is 523 g/mol. The maximum atomic E-state index is 3.90. The SMILES string of the molecule is CC(C)(C)C(P)(c1ccc([Si](C)(C)C)cc1CP(C1CNCCN1)C1CNCCN1)C(C)(C)C. The van der Waals surface area contributed by atoms with Crippen LogP contribution in [0.1, 0.15) is 52.7 Å². The summed E-state index contributed by atoms with van der Waals surface area (Å²) in [5.74, 6) is 1.10. The molecule has 2 saturated heterocycles. The number of hydrogen-bond donors (Lipinski definition) is 4. The Labute approximate surface area is 214 Å². The first-order valence-corrected chi connectivity index (χ1v) is 19.0. The van der Waals surface area contributed by atoms with Gasteiger partial charge in [0.1, 0.15) is 0 Å². The largest absolute Gasteiger partial charge is 0.314 e. The first-order chi connectivity index (χ1) is 15.7. The fourth-order valence-corrected chi connectivity index (χ4v) is 10.3. The fourth-order valence-electron chi connectivity index (χ4n) is 5.89. The van der Waals surface area contributed by atoms with E-state index in [1.807, 2.05) is 0 Å². The Balaban J connectivity index is 2.14. The lowest BCUT2D eigenvalue weighted by molar-refractivity contribution is 0.139. The van der Waals surface area contributed by atoms with Gasteiger partial charge in [-0.3, -0.25) is 0 Å². The monoisotopic (exact) mass is 522 g/mol. The van der Waals surface area contributed by atoms with Crippen molar-refractivity contribution in [3.05, 3.63) is 29.3 Å². The van der Waals surface area contributed by atoms with E-state index >= 15 is 0 Å². The molecule has 4 N–H and O–H groups in total. The van der Waals surface area contributed by atoms with Crippen LogP contribution in [0.5, 0.6) is 0 Å². The van der Waals surface area contributed by atoms with Gasteiger partial charge in [-0.05, 0) is 28.1 Å². The van der Waals surface area contributed by atoms with E-state index in [0.29, 0.717) is 11.6 Å². The molecule has 34 heavy (non-hydrogen) atoms. The van der Waals surface area contributed by atoms with Crippen LogP contribution in [-0.4, -0.2) is 58.9 Å². The fraction of sp³-hybridized carbons (Fsp3) is 0.778. The predicted molar refractivity (Wildman–Crippen MR) is 160 cm³/mol. The summed E-state index contributed by atoms with van der Waals surface area (Å²) in [6, 6.07) is 7.60. The molecule has 2 aliphatic heterocycles. The molecule has 0 bridgehead atoms. The molecule has 0 aliphatic carbocycles. The third-order valence-corrected chi connectivity index (χ3v) is 15.1. The molecular formula is C27H52N4P2Si. The summed E-state index contributed by atoms with van der Waals surface area (Å²) in [5, 5.41) is 16.7. The van der Waals surface area contributed by atoms with Crippen molar-refractivity contribution < 1.29 is 0 Å². The summed E-state index contributed by atoms with van der Waals surface area (Å²) >= 11 is 0. The number of rotatable bonds is 6. The van der Waals surface area contributed by atoms with Gasteiger partial charge < -0.3 is 21.3 Å². The lowest BCUT2D eigenvalue weighted by atomic mass is 9.62. The Hall–Kier alpha value is 0.137. The summed E-state index contributed by atoms with van der Waals surface area (Å²) < 4.78 is 0. The highest BCUT2D eigenvalue weighted by Crippen LogP contribution is 2.60. The van der Waals surface area contributed by atoms with E-state index in [-0.39, 0.29) is 23.9 Å². The second kappa shape index (κ2) is 10.9. The zero-order valence-corrected chi connectivity index (χ0v) is 26.4. The summed E-state index contributed by atoms with van der Waals surface area (Å²) in [7, 11) is 1.64. The third-order valence-electron chi connectivity index (χ3n) is 7.95. The lowest BCUT2D eigenvalue weighted by Crippen LogP contribution is -2.53. The van der Waals surface area contributed by atoms with Gasteiger partial charge in [0.15, 0.2) is 0 Å². The molecule has 3 atom stereocenters. The van der Waals surface area contributed by atoms with E-state index in [1.165, 1.54) is 6.16 Å². The van der Waals surface area contributed by atoms with Gasteiger partial charge >= 0.3 is 0 Å². The molecule has 194 valence electrons. The molecule has 2 fully saturated rings. The number of hydrogen-bond acceptors (Lipinski definition) is 4. The Morgan fingerprint density at radius 2 is 1.35 bits per heavy atom. The maximum Gasteiger partial charge on any atom is 0.0776 e. The number of piperazine rings is 2. The normalized spacial score (nSPS) is 24.2. The van der Waals surface area contributed by atoms with Crippen molar-refractivity contribution in [2.45, 2.75) is 84.1 Å². The second-order valence-corrected chi connectivity index (χ2v) is 22.0. The van der Waals surface area contributed by atoms with E-state index in [0.717, 1.165) is 39.3 Å². The highest BCUT2D eigenvalue weighted by atomic mass is 31.1. The zero-order chi connectivity index (χ0) is 25.4. The minimum absolute atomic E-state index is 0.0230. The van der Waals surface area contributed by atoms with Crippen LogP contribution in [0.4, 0.5) is 0 Å². The van der Waals surface area contributed by atoms with Gasteiger partial charge in [-0.1, -0.05) is 92.5 Å². The van der Waals surface area contributed by atoms with Crippen molar-refractivity contribution in [2.75, 3.05) is 39.3 Å². The smallest absolute Gasteiger partial charge is 0.0776 e. The average Bonchev–Trinajstić information content (AvgIpc) is 2.76. The van der Waals surface area contributed by atoms with Crippen molar-refractivity contribution in [1.82, 2.24) is 21.3 Å². The van der Waals surface area contributed by atoms with Crippen molar-refractivity contribution in [1.29, 1.82) is 0 Å². The molecule has 0 aromatic heterocycles. The summed E-state index contributed by atoms with van der Waals surface area (Å²) in [5.41, 5.74) is 3.36. The Morgan fingerprint density at radius 3 is 1.74 bits per heavy atom. The quantitative estimate of drug-likeness (QED) is 0.330. The minimum Gasteiger partial charge on any atom is -0.314 e. The van der Waals surface area contributed by atoms with Crippen LogP contribution in [0, 0.1) is 10.8 Å². The highest BCUT2D eigenvalue weighted by molar-refractivity contribution is 7.58. The molecule has 2 heterocycles. The van der Waals surface area contributed by atoms with Gasteiger partial charge in [0.2, 0.25) is 0 Å². The van der Waals surface area contributed by atoms with Crippen LogP contribution < -0.4 is 26.5 Å². The van der Waals surface area contributed by atoms with Gasteiger partial charge in [-0.25, -0.2) is 0 Å². The third kappa shape index (κ3) is 6.16. The maximum absolute atomic E-state index is 3.90. The van der Waals surface area contributed by atoms with Crippen molar-refractivity contribution in [2.24, 2.45) is 10.8 Å². The standard InChI is InChI=1S/C27H52N4P2Si/c1-25(2,3)27(32,26(4,5)6)22-11-10-21(34(7,8)9)16-20(22)19-33(23-17-28-12-14-30-23)24-18-29-13-15-31-24/h10-11,16,23-24,28-31H,12-15,17-19,32H2,1-9H3. The molecule has 1 aromatic carbocycles. The van der Waals surface area contributed by atoms with Crippen LogP contribution in [0.15, 0.2) is 18.2 Å². The van der Waals surface area contributed by atoms with E-state index in [4.69, 9.17) is 0 Å². The minimum atomic E-state index is -1.42. The van der Waals surface area contributed by atoms with E-state index < -0.39 is 8.07 Å². The molecule has 3 unspecified atom stereocenters. The van der Waals surface area contributed by atoms with Gasteiger partial charge in [0, 0.05) is 56.0 Å². The zero-order valence-electron chi connectivity index (χ0n) is 23.4. The van der Waals surface area contributed by atoms with E-state index in [9.17, 15) is 0 Å². The van der Waals surface area contributed by atoms with Gasteiger partial charge in [0.25, 0.3) is 0 Å². The van der Waals surface area contributed by atoms with Crippen LogP contribution in [0.3, 0.4) is 0 Å². The molecule has 1 aromatic rings. The number of nitrogens with one attached hydrogen (secondary N) is 4. The predicted octanol–water partition coefficient (Wildman–Crippen LogP) is 4.41. The summed E-state index contributed by atoms with van der Waals surface area (Å²) in [6.07, 6.45) is 1.17. The van der Waals surface area contributed by atoms with Crippen molar-refractivity contribution >= 4 is 30.4 Å². The van der Waals surface area contributed by atoms with E-state index in [2.05, 4.69) is 110 Å². The van der Waals surface area contributed by atoms with Gasteiger partial charge in [0.05, 0.1) is 8.07 Å². The van der Waals surface area contributed by atoms with Crippen molar-refractivity contribution in [3.63, 3.8) is 0 Å². The Morgan fingerprint density at radius 1 is 0.853 bits per heavy atom. The van der Waals surface area contributed by atoms with Crippen LogP contribution >= 0.6 is 17.2 Å². The summed E-state index contributed by atoms with van der Waals surface area (Å²) in [6.45, 7) is 28.4. The van der Waals surface area contributed by atoms with Crippen molar-refractivity contribution in [3.8, 4) is 0 Å². The lowest BCUT2D eigenvalue weighted by Gasteiger charge is -2.53. The first kappa shape index (κ1) is 28.7. The van der Waals surface area contributed by atoms with Crippen LogP contribution in [0.25, 0.3) is 0 Å². The van der Waals surface area contributed by atoms with Gasteiger partial charge in [-0.2, -0.15) is 0 Å². The molecule has 2 aliphatic rings.